The number of carbonyl (C=O) groups is 1. The molecule has 0 heterocycles. The van der Waals surface area contributed by atoms with Crippen molar-refractivity contribution in [1.82, 2.24) is 0 Å². The van der Waals surface area contributed by atoms with Gasteiger partial charge in [0.15, 0.2) is 0 Å². The maximum atomic E-state index is 9.00. The fourth-order valence-electron chi connectivity index (χ4n) is 0.483. The number of aryl methyl sites for hydroxylation is 1. The van der Waals surface area contributed by atoms with Crippen molar-refractivity contribution in [3.05, 3.63) is 35.9 Å². The van der Waals surface area contributed by atoms with Crippen LogP contribution in [0.2, 0.25) is 0 Å². The van der Waals surface area contributed by atoms with Crippen molar-refractivity contribution >= 4 is 5.97 Å². The number of hydrogen-bond acceptors (Lipinski definition) is 1. The van der Waals surface area contributed by atoms with E-state index in [1.54, 1.807) is 0 Å². The Bertz CT molecular complexity index is 205. The van der Waals surface area contributed by atoms with Crippen LogP contribution in [0.5, 0.6) is 0 Å². The van der Waals surface area contributed by atoms with Gasteiger partial charge in [-0.25, -0.2) is 0 Å². The molecule has 0 spiro atoms. The Morgan fingerprint density at radius 2 is 2.00 bits per heavy atom. The summed E-state index contributed by atoms with van der Waals surface area (Å²) in [6, 6.07) is 10.9. The molecule has 0 unspecified atom stereocenters. The van der Waals surface area contributed by atoms with E-state index in [4.69, 9.17) is 9.90 Å². The van der Waals surface area contributed by atoms with Crippen LogP contribution >= 0.6 is 0 Å². The largest absolute Gasteiger partial charge is 1.00 e. The topological polar surface area (TPSA) is 37.3 Å². The Morgan fingerprint density at radius 3 is 2.17 bits per heavy atom. The number of carboxylic acid groups (broad SMARTS) is 1. The van der Waals surface area contributed by atoms with Crippen molar-refractivity contribution < 1.29 is 39.5 Å². The summed E-state index contributed by atoms with van der Waals surface area (Å²) in [7, 11) is 0. The summed E-state index contributed by atoms with van der Waals surface area (Å²) in [5, 5.41) is 7.42. The Kier molecular flexibility index (Phi) is 10.4. The van der Waals surface area contributed by atoms with E-state index in [0.29, 0.717) is 0 Å². The Balaban J connectivity index is 0. The van der Waals surface area contributed by atoms with Gasteiger partial charge < -0.3 is 5.11 Å². The van der Waals surface area contributed by atoms with Gasteiger partial charge in [0.25, 0.3) is 5.97 Å². The van der Waals surface area contributed by atoms with Gasteiger partial charge in [0.2, 0.25) is 0 Å². The van der Waals surface area contributed by atoms with E-state index in [9.17, 15) is 0 Å². The average molecular weight is 174 g/mol. The van der Waals surface area contributed by atoms with Crippen LogP contribution in [-0.4, -0.2) is 11.1 Å². The van der Waals surface area contributed by atoms with Crippen LogP contribution in [0.25, 0.3) is 0 Å². The molecule has 0 aliphatic rings. The zero-order chi connectivity index (χ0) is 8.69. The number of rotatable bonds is 0. The van der Waals surface area contributed by atoms with Crippen molar-refractivity contribution in [2.45, 2.75) is 13.8 Å². The fraction of sp³-hybridized carbons (Fsp3) is 0.222. The molecule has 0 aliphatic heterocycles. The molecule has 60 valence electrons. The summed E-state index contributed by atoms with van der Waals surface area (Å²) < 4.78 is 0. The van der Waals surface area contributed by atoms with Crippen LogP contribution in [0.4, 0.5) is 0 Å². The Labute approximate surface area is 94.9 Å². The molecular weight excluding hydrogens is 163 g/mol. The summed E-state index contributed by atoms with van der Waals surface area (Å²) in [6.07, 6.45) is 0. The molecule has 0 bridgehead atoms. The molecule has 1 rings (SSSR count). The molecule has 1 N–H and O–H groups in total. The molecule has 0 aliphatic carbocycles. The van der Waals surface area contributed by atoms with Crippen LogP contribution in [-0.2, 0) is 4.79 Å². The molecule has 0 saturated heterocycles. The molecule has 2 nitrogen and oxygen atoms in total. The van der Waals surface area contributed by atoms with Crippen molar-refractivity contribution in [2.24, 2.45) is 0 Å². The van der Waals surface area contributed by atoms with Gasteiger partial charge in [-0.1, -0.05) is 6.92 Å². The molecule has 3 heteroatoms. The summed E-state index contributed by atoms with van der Waals surface area (Å²) in [5.41, 5.74) is 1.20. The maximum absolute atomic E-state index is 9.00. The molecule has 12 heavy (non-hydrogen) atoms. The van der Waals surface area contributed by atoms with Crippen molar-refractivity contribution in [3.8, 4) is 0 Å². The van der Waals surface area contributed by atoms with Gasteiger partial charge in [0.05, 0.1) is 0 Å². The monoisotopic (exact) mass is 174 g/mol. The minimum atomic E-state index is -0.833. The summed E-state index contributed by atoms with van der Waals surface area (Å²) >= 11 is 0. The Hall–Kier alpha value is -0.310. The maximum Gasteiger partial charge on any atom is 1.00 e. The van der Waals surface area contributed by atoms with E-state index >= 15 is 0 Å². The van der Waals surface area contributed by atoms with Gasteiger partial charge in [-0.05, 0) is 0 Å². The average Bonchev–Trinajstić information content (AvgIpc) is 1.87. The summed E-state index contributed by atoms with van der Waals surface area (Å²) in [6.45, 7) is 3.11. The van der Waals surface area contributed by atoms with Crippen LogP contribution in [0.15, 0.2) is 24.3 Å². The molecule has 0 fully saturated rings. The first-order valence-corrected chi connectivity index (χ1v) is 3.26. The first-order valence-electron chi connectivity index (χ1n) is 3.26. The van der Waals surface area contributed by atoms with E-state index in [-0.39, 0.29) is 29.6 Å². The predicted molar refractivity (Wildman–Crippen MR) is 43.3 cm³/mol. The third-order valence-corrected chi connectivity index (χ3v) is 0.865. The SMILES string of the molecule is CC(=O)O.Cc1[c-]cccc1.[Na+]. The first-order chi connectivity index (χ1) is 5.13. The predicted octanol–water partition coefficient (Wildman–Crippen LogP) is -1.11. The summed E-state index contributed by atoms with van der Waals surface area (Å²) in [4.78, 5) is 9.00. The number of benzene rings is 1. The van der Waals surface area contributed by atoms with Gasteiger partial charge in [0, 0.05) is 6.92 Å². The zero-order valence-corrected chi connectivity index (χ0v) is 9.66. The molecule has 0 aromatic heterocycles. The molecule has 0 radical (unpaired) electrons. The van der Waals surface area contributed by atoms with Crippen molar-refractivity contribution in [3.63, 3.8) is 0 Å². The minimum absolute atomic E-state index is 0. The quantitative estimate of drug-likeness (QED) is 0.400. The number of carboxylic acids is 1. The molecule has 0 saturated carbocycles. The second-order valence-corrected chi connectivity index (χ2v) is 2.06. The Morgan fingerprint density at radius 1 is 1.50 bits per heavy atom. The number of hydrogen-bond donors (Lipinski definition) is 1. The van der Waals surface area contributed by atoms with Crippen LogP contribution in [0, 0.1) is 13.0 Å². The normalized spacial score (nSPS) is 7.17. The summed E-state index contributed by atoms with van der Waals surface area (Å²) in [5.74, 6) is -0.833. The zero-order valence-electron chi connectivity index (χ0n) is 7.66. The molecule has 1 aromatic carbocycles. The van der Waals surface area contributed by atoms with E-state index in [2.05, 4.69) is 6.07 Å². The molecule has 0 atom stereocenters. The molecular formula is C9H11NaO2. The van der Waals surface area contributed by atoms with Crippen LogP contribution in [0.1, 0.15) is 12.5 Å². The van der Waals surface area contributed by atoms with E-state index < -0.39 is 5.97 Å². The van der Waals surface area contributed by atoms with Gasteiger partial charge in [-0.15, -0.1) is 0 Å². The van der Waals surface area contributed by atoms with E-state index in [1.807, 2.05) is 31.2 Å². The molecule has 0 amide bonds. The van der Waals surface area contributed by atoms with E-state index in [0.717, 1.165) is 6.92 Å². The van der Waals surface area contributed by atoms with Gasteiger partial charge in [-0.3, -0.25) is 4.79 Å². The minimum Gasteiger partial charge on any atom is -0.481 e. The molecule has 1 aromatic rings. The third kappa shape index (κ3) is 12.4. The standard InChI is InChI=1S/C7H7.C2H4O2.Na/c1-7-5-3-2-4-6-7;1-2(3)4;/h2-5H,1H3;1H3,(H,3,4);/q-1;;+1. The van der Waals surface area contributed by atoms with Gasteiger partial charge in [-0.2, -0.15) is 35.9 Å². The number of aliphatic carboxylic acids is 1. The van der Waals surface area contributed by atoms with Crippen LogP contribution in [0.3, 0.4) is 0 Å². The fourth-order valence-corrected chi connectivity index (χ4v) is 0.483. The smallest absolute Gasteiger partial charge is 0.481 e. The second kappa shape index (κ2) is 8.78. The van der Waals surface area contributed by atoms with Crippen LogP contribution < -0.4 is 29.6 Å². The second-order valence-electron chi connectivity index (χ2n) is 2.06. The van der Waals surface area contributed by atoms with E-state index in [1.165, 1.54) is 5.56 Å². The van der Waals surface area contributed by atoms with Gasteiger partial charge in [0.1, 0.15) is 0 Å². The van der Waals surface area contributed by atoms with Crippen molar-refractivity contribution in [2.75, 3.05) is 0 Å². The third-order valence-electron chi connectivity index (χ3n) is 0.865. The van der Waals surface area contributed by atoms with Crippen molar-refractivity contribution in [1.29, 1.82) is 0 Å². The first kappa shape index (κ1) is 14.2. The van der Waals surface area contributed by atoms with Gasteiger partial charge >= 0.3 is 29.6 Å².